The molecule has 114 valence electrons. The number of hydrogen-bond acceptors (Lipinski definition) is 3. The van der Waals surface area contributed by atoms with Crippen LogP contribution in [0.1, 0.15) is 23.0 Å². The molecule has 0 radical (unpaired) electrons. The first-order chi connectivity index (χ1) is 10.6. The van der Waals surface area contributed by atoms with Crippen LogP contribution >= 0.6 is 0 Å². The number of aromatic nitrogens is 4. The van der Waals surface area contributed by atoms with Gasteiger partial charge in [0.15, 0.2) is 0 Å². The number of imidazole rings is 1. The zero-order chi connectivity index (χ0) is 15.5. The van der Waals surface area contributed by atoms with Gasteiger partial charge in [0.25, 0.3) is 0 Å². The van der Waals surface area contributed by atoms with Crippen LogP contribution in [0.2, 0.25) is 0 Å². The summed E-state index contributed by atoms with van der Waals surface area (Å²) in [5.74, 6) is 0.531. The fourth-order valence-corrected chi connectivity index (χ4v) is 2.49. The maximum absolute atomic E-state index is 14.2. The van der Waals surface area contributed by atoms with Gasteiger partial charge in [0.1, 0.15) is 11.6 Å². The van der Waals surface area contributed by atoms with Crippen molar-refractivity contribution in [3.8, 4) is 0 Å². The van der Waals surface area contributed by atoms with Gasteiger partial charge < -0.3 is 4.57 Å². The van der Waals surface area contributed by atoms with Crippen LogP contribution < -0.4 is 5.32 Å². The molecule has 0 aliphatic carbocycles. The number of hydrogen-bond donors (Lipinski definition) is 1. The lowest BCUT2D eigenvalue weighted by Gasteiger charge is -2.19. The monoisotopic (exact) mass is 299 g/mol. The van der Waals surface area contributed by atoms with E-state index in [4.69, 9.17) is 0 Å². The molecular formula is C16H18FN5. The minimum atomic E-state index is -0.318. The molecule has 3 rings (SSSR count). The van der Waals surface area contributed by atoms with Crippen molar-refractivity contribution < 1.29 is 4.39 Å². The van der Waals surface area contributed by atoms with Gasteiger partial charge >= 0.3 is 0 Å². The van der Waals surface area contributed by atoms with E-state index in [0.29, 0.717) is 12.1 Å². The van der Waals surface area contributed by atoms with E-state index in [0.717, 1.165) is 11.4 Å². The van der Waals surface area contributed by atoms with Crippen molar-refractivity contribution in [1.82, 2.24) is 24.6 Å². The largest absolute Gasteiger partial charge is 0.336 e. The lowest BCUT2D eigenvalue weighted by Crippen LogP contribution is -2.25. The van der Waals surface area contributed by atoms with E-state index in [9.17, 15) is 4.39 Å². The van der Waals surface area contributed by atoms with E-state index in [1.54, 1.807) is 29.2 Å². The van der Waals surface area contributed by atoms with Crippen molar-refractivity contribution in [3.05, 3.63) is 71.8 Å². The summed E-state index contributed by atoms with van der Waals surface area (Å²) in [5.41, 5.74) is 1.62. The average molecular weight is 299 g/mol. The molecule has 0 amide bonds. The Morgan fingerprint density at radius 1 is 1.27 bits per heavy atom. The molecule has 0 unspecified atom stereocenters. The molecule has 0 aliphatic heterocycles. The summed E-state index contributed by atoms with van der Waals surface area (Å²) in [6.45, 7) is 0.583. The van der Waals surface area contributed by atoms with Crippen LogP contribution in [-0.4, -0.2) is 19.3 Å². The maximum atomic E-state index is 14.2. The highest BCUT2D eigenvalue weighted by Crippen LogP contribution is 2.23. The average Bonchev–Trinajstić information content (AvgIpc) is 3.10. The summed E-state index contributed by atoms with van der Waals surface area (Å²) in [5, 5.41) is 7.52. The van der Waals surface area contributed by atoms with Crippen molar-refractivity contribution in [3.63, 3.8) is 0 Å². The van der Waals surface area contributed by atoms with Crippen LogP contribution in [0.25, 0.3) is 0 Å². The quantitative estimate of drug-likeness (QED) is 0.785. The first-order valence-corrected chi connectivity index (χ1v) is 7.07. The summed E-state index contributed by atoms with van der Waals surface area (Å²) in [7, 11) is 3.78. The summed E-state index contributed by atoms with van der Waals surface area (Å²) in [6.07, 6.45) is 7.30. The van der Waals surface area contributed by atoms with Crippen LogP contribution in [0, 0.1) is 5.82 Å². The Labute approximate surface area is 128 Å². The fourth-order valence-electron chi connectivity index (χ4n) is 2.49. The van der Waals surface area contributed by atoms with E-state index in [-0.39, 0.29) is 11.9 Å². The number of rotatable bonds is 5. The maximum Gasteiger partial charge on any atom is 0.130 e. The number of nitrogens with zero attached hydrogens (tertiary/aromatic N) is 4. The predicted octanol–water partition coefficient (Wildman–Crippen LogP) is 2.17. The lowest BCUT2D eigenvalue weighted by molar-refractivity contribution is 0.520. The van der Waals surface area contributed by atoms with Crippen LogP contribution in [0.4, 0.5) is 4.39 Å². The summed E-state index contributed by atoms with van der Waals surface area (Å²) < 4.78 is 17.8. The Balaban J connectivity index is 1.90. The van der Waals surface area contributed by atoms with E-state index >= 15 is 0 Å². The third-order valence-electron chi connectivity index (χ3n) is 3.60. The molecule has 2 aromatic heterocycles. The Hall–Kier alpha value is -2.47. The molecule has 2 heterocycles. The van der Waals surface area contributed by atoms with Crippen molar-refractivity contribution in [2.45, 2.75) is 12.6 Å². The first kappa shape index (κ1) is 14.5. The van der Waals surface area contributed by atoms with Crippen LogP contribution in [0.15, 0.2) is 49.1 Å². The van der Waals surface area contributed by atoms with Crippen molar-refractivity contribution in [1.29, 1.82) is 0 Å². The highest BCUT2D eigenvalue weighted by molar-refractivity contribution is 5.27. The smallest absolute Gasteiger partial charge is 0.130 e. The third-order valence-corrected chi connectivity index (χ3v) is 3.60. The molecule has 3 aromatic rings. The molecular weight excluding hydrogens is 281 g/mol. The number of nitrogens with one attached hydrogen (secondary N) is 1. The van der Waals surface area contributed by atoms with Crippen molar-refractivity contribution in [2.24, 2.45) is 14.1 Å². The molecule has 5 nitrogen and oxygen atoms in total. The van der Waals surface area contributed by atoms with E-state index < -0.39 is 0 Å². The second-order valence-corrected chi connectivity index (χ2v) is 5.25. The Morgan fingerprint density at radius 3 is 2.73 bits per heavy atom. The summed E-state index contributed by atoms with van der Waals surface area (Å²) >= 11 is 0. The van der Waals surface area contributed by atoms with Gasteiger partial charge in [-0.05, 0) is 6.07 Å². The second-order valence-electron chi connectivity index (χ2n) is 5.25. The van der Waals surface area contributed by atoms with Gasteiger partial charge in [-0.15, -0.1) is 0 Å². The molecule has 1 atom stereocenters. The molecule has 0 bridgehead atoms. The zero-order valence-corrected chi connectivity index (χ0v) is 12.6. The van der Waals surface area contributed by atoms with E-state index in [1.165, 1.54) is 6.07 Å². The number of benzene rings is 1. The van der Waals surface area contributed by atoms with Gasteiger partial charge in [-0.25, -0.2) is 9.37 Å². The highest BCUT2D eigenvalue weighted by Gasteiger charge is 2.21. The van der Waals surface area contributed by atoms with Crippen molar-refractivity contribution >= 4 is 0 Å². The Morgan fingerprint density at radius 2 is 2.09 bits per heavy atom. The molecule has 0 fully saturated rings. The van der Waals surface area contributed by atoms with Gasteiger partial charge in [-0.2, -0.15) is 5.10 Å². The normalized spacial score (nSPS) is 12.5. The Bertz CT molecular complexity index is 761. The molecule has 0 saturated carbocycles. The van der Waals surface area contributed by atoms with E-state index in [2.05, 4.69) is 15.4 Å². The molecule has 1 aromatic carbocycles. The number of aryl methyl sites for hydroxylation is 2. The molecule has 0 aliphatic rings. The van der Waals surface area contributed by atoms with Crippen LogP contribution in [0.5, 0.6) is 0 Å². The molecule has 0 saturated heterocycles. The highest BCUT2D eigenvalue weighted by atomic mass is 19.1. The molecule has 22 heavy (non-hydrogen) atoms. The minimum Gasteiger partial charge on any atom is -0.336 e. The minimum absolute atomic E-state index is 0.241. The zero-order valence-electron chi connectivity index (χ0n) is 12.6. The predicted molar refractivity (Wildman–Crippen MR) is 81.5 cm³/mol. The van der Waals surface area contributed by atoms with Gasteiger partial charge in [0, 0.05) is 50.4 Å². The van der Waals surface area contributed by atoms with Crippen LogP contribution in [0.3, 0.4) is 0 Å². The fraction of sp³-hybridized carbons (Fsp3) is 0.250. The van der Waals surface area contributed by atoms with Crippen LogP contribution in [-0.2, 0) is 20.6 Å². The second kappa shape index (κ2) is 6.11. The van der Waals surface area contributed by atoms with Crippen molar-refractivity contribution in [2.75, 3.05) is 0 Å². The third kappa shape index (κ3) is 2.92. The Kier molecular flexibility index (Phi) is 4.02. The summed E-state index contributed by atoms with van der Waals surface area (Å²) in [4.78, 5) is 4.36. The lowest BCUT2D eigenvalue weighted by atomic mass is 10.1. The molecule has 6 heteroatoms. The van der Waals surface area contributed by atoms with Gasteiger partial charge in [-0.1, -0.05) is 18.2 Å². The topological polar surface area (TPSA) is 47.7 Å². The summed E-state index contributed by atoms with van der Waals surface area (Å²) in [6, 6.07) is 6.46. The SMILES string of the molecule is Cn1cc(CN[C@H](c2ccccc2F)c2nccn2C)cn1. The first-order valence-electron chi connectivity index (χ1n) is 7.07. The van der Waals surface area contributed by atoms with Gasteiger partial charge in [0.05, 0.1) is 12.2 Å². The van der Waals surface area contributed by atoms with Gasteiger partial charge in [-0.3, -0.25) is 10.00 Å². The van der Waals surface area contributed by atoms with Gasteiger partial charge in [0.2, 0.25) is 0 Å². The standard InChI is InChI=1S/C16H18FN5/c1-21-8-7-18-16(21)15(13-5-3-4-6-14(13)17)19-9-12-10-20-22(2)11-12/h3-8,10-11,15,19H,9H2,1-2H3/t15-/m1/s1. The number of halogens is 1. The molecule has 0 spiro atoms. The van der Waals surface area contributed by atoms with E-state index in [1.807, 2.05) is 37.1 Å². The molecule has 1 N–H and O–H groups in total.